The second kappa shape index (κ2) is 5.67. The lowest BCUT2D eigenvalue weighted by atomic mass is 9.99. The van der Waals surface area contributed by atoms with Crippen molar-refractivity contribution in [3.8, 4) is 0 Å². The third-order valence-electron chi connectivity index (χ3n) is 3.02. The molecule has 1 aromatic rings. The maximum Gasteiger partial charge on any atom is 0.0829 e. The molecule has 1 saturated heterocycles. The Morgan fingerprint density at radius 2 is 2.19 bits per heavy atom. The van der Waals surface area contributed by atoms with Gasteiger partial charge in [0.25, 0.3) is 0 Å². The molecule has 0 saturated carbocycles. The fourth-order valence-electron chi connectivity index (χ4n) is 2.11. The molecular weight excluding hydrogens is 224 g/mol. The molecule has 0 spiro atoms. The summed E-state index contributed by atoms with van der Waals surface area (Å²) < 4.78 is 5.61. The van der Waals surface area contributed by atoms with Crippen LogP contribution in [0.2, 0.25) is 5.02 Å². The average Bonchev–Trinajstić information content (AvgIpc) is 2.31. The van der Waals surface area contributed by atoms with Crippen LogP contribution in [0.1, 0.15) is 37.4 Å². The first-order valence-corrected chi connectivity index (χ1v) is 6.19. The molecule has 0 amide bonds. The molecule has 2 atom stereocenters. The van der Waals surface area contributed by atoms with E-state index >= 15 is 0 Å². The van der Waals surface area contributed by atoms with Crippen molar-refractivity contribution in [3.63, 3.8) is 0 Å². The van der Waals surface area contributed by atoms with E-state index in [0.717, 1.165) is 25.0 Å². The zero-order valence-electron chi connectivity index (χ0n) is 9.23. The highest BCUT2D eigenvalue weighted by Gasteiger charge is 2.20. The van der Waals surface area contributed by atoms with E-state index in [2.05, 4.69) is 0 Å². The van der Waals surface area contributed by atoms with Crippen LogP contribution in [0, 0.1) is 0 Å². The van der Waals surface area contributed by atoms with Crippen LogP contribution in [0.4, 0.5) is 0 Å². The Labute approximate surface area is 101 Å². The van der Waals surface area contributed by atoms with Crippen molar-refractivity contribution in [2.24, 2.45) is 0 Å². The molecule has 1 aliphatic rings. The van der Waals surface area contributed by atoms with Gasteiger partial charge in [-0.15, -0.1) is 0 Å². The van der Waals surface area contributed by atoms with Gasteiger partial charge in [-0.3, -0.25) is 0 Å². The van der Waals surface area contributed by atoms with E-state index in [4.69, 9.17) is 16.3 Å². The Morgan fingerprint density at radius 3 is 2.88 bits per heavy atom. The van der Waals surface area contributed by atoms with E-state index in [9.17, 15) is 5.11 Å². The van der Waals surface area contributed by atoms with Gasteiger partial charge >= 0.3 is 0 Å². The van der Waals surface area contributed by atoms with Crippen LogP contribution < -0.4 is 0 Å². The lowest BCUT2D eigenvalue weighted by Gasteiger charge is -2.25. The Bertz CT molecular complexity index is 334. The zero-order valence-corrected chi connectivity index (χ0v) is 9.99. The van der Waals surface area contributed by atoms with Gasteiger partial charge in [-0.2, -0.15) is 0 Å². The lowest BCUT2D eigenvalue weighted by molar-refractivity contribution is -0.0155. The molecule has 2 unspecified atom stereocenters. The minimum atomic E-state index is -0.517. The van der Waals surface area contributed by atoms with Crippen LogP contribution in [-0.4, -0.2) is 17.8 Å². The molecule has 0 aromatic heterocycles. The Kier molecular flexibility index (Phi) is 4.22. The molecular formula is C13H17ClO2. The first-order valence-electron chi connectivity index (χ1n) is 5.81. The van der Waals surface area contributed by atoms with Crippen molar-refractivity contribution in [2.75, 3.05) is 6.61 Å². The second-order valence-corrected chi connectivity index (χ2v) is 4.67. The number of aliphatic hydroxyl groups is 1. The van der Waals surface area contributed by atoms with E-state index in [1.54, 1.807) is 0 Å². The Balaban J connectivity index is 1.96. The third-order valence-corrected chi connectivity index (χ3v) is 3.37. The smallest absolute Gasteiger partial charge is 0.0829 e. The van der Waals surface area contributed by atoms with E-state index in [1.807, 2.05) is 24.3 Å². The zero-order chi connectivity index (χ0) is 11.4. The van der Waals surface area contributed by atoms with Gasteiger partial charge in [0.1, 0.15) is 0 Å². The van der Waals surface area contributed by atoms with Gasteiger partial charge in [0, 0.05) is 18.1 Å². The number of halogens is 1. The van der Waals surface area contributed by atoms with Crippen LogP contribution in [-0.2, 0) is 4.74 Å². The maximum atomic E-state index is 10.1. The Hall–Kier alpha value is -0.570. The molecule has 0 bridgehead atoms. The molecule has 16 heavy (non-hydrogen) atoms. The first kappa shape index (κ1) is 11.9. The number of benzene rings is 1. The quantitative estimate of drug-likeness (QED) is 0.878. The molecule has 1 fully saturated rings. The molecule has 1 heterocycles. The minimum absolute atomic E-state index is 0.181. The van der Waals surface area contributed by atoms with E-state index in [0.29, 0.717) is 11.4 Å². The number of hydrogen-bond donors (Lipinski definition) is 1. The van der Waals surface area contributed by atoms with Crippen molar-refractivity contribution in [2.45, 2.75) is 37.9 Å². The molecule has 2 rings (SSSR count). The highest BCUT2D eigenvalue weighted by Crippen LogP contribution is 2.28. The Morgan fingerprint density at radius 1 is 1.38 bits per heavy atom. The summed E-state index contributed by atoms with van der Waals surface area (Å²) in [4.78, 5) is 0. The monoisotopic (exact) mass is 240 g/mol. The van der Waals surface area contributed by atoms with Gasteiger partial charge in [-0.25, -0.2) is 0 Å². The molecule has 0 aliphatic carbocycles. The van der Waals surface area contributed by atoms with Crippen LogP contribution in [0.25, 0.3) is 0 Å². The number of hydrogen-bond acceptors (Lipinski definition) is 2. The summed E-state index contributed by atoms with van der Waals surface area (Å²) in [5.41, 5.74) is 0.804. The van der Waals surface area contributed by atoms with Gasteiger partial charge in [0.2, 0.25) is 0 Å². The first-order chi connectivity index (χ1) is 7.77. The summed E-state index contributed by atoms with van der Waals surface area (Å²) in [6.07, 6.45) is 3.68. The molecule has 3 heteroatoms. The van der Waals surface area contributed by atoms with Crippen molar-refractivity contribution < 1.29 is 9.84 Å². The SMILES string of the molecule is OC(CC1CCCCO1)c1ccccc1Cl. The van der Waals surface area contributed by atoms with Crippen LogP contribution >= 0.6 is 11.6 Å². The van der Waals surface area contributed by atoms with Crippen LogP contribution in [0.15, 0.2) is 24.3 Å². The summed E-state index contributed by atoms with van der Waals surface area (Å²) >= 11 is 6.04. The standard InChI is InChI=1S/C13H17ClO2/c14-12-7-2-1-6-11(12)13(15)9-10-5-3-4-8-16-10/h1-2,6-7,10,13,15H,3-5,8-9H2. The number of aliphatic hydroxyl groups excluding tert-OH is 1. The van der Waals surface area contributed by atoms with Gasteiger partial charge in [0.05, 0.1) is 12.2 Å². The summed E-state index contributed by atoms with van der Waals surface area (Å²) in [7, 11) is 0. The molecule has 1 aromatic carbocycles. The molecule has 1 aliphatic heterocycles. The minimum Gasteiger partial charge on any atom is -0.388 e. The summed E-state index contributed by atoms with van der Waals surface area (Å²) in [5, 5.41) is 10.7. The summed E-state index contributed by atoms with van der Waals surface area (Å²) in [5.74, 6) is 0. The molecule has 0 radical (unpaired) electrons. The predicted octanol–water partition coefficient (Wildman–Crippen LogP) is 3.33. The predicted molar refractivity (Wildman–Crippen MR) is 64.6 cm³/mol. The van der Waals surface area contributed by atoms with Crippen LogP contribution in [0.5, 0.6) is 0 Å². The van der Waals surface area contributed by atoms with Crippen LogP contribution in [0.3, 0.4) is 0 Å². The second-order valence-electron chi connectivity index (χ2n) is 4.26. The summed E-state index contributed by atoms with van der Waals surface area (Å²) in [6.45, 7) is 0.819. The van der Waals surface area contributed by atoms with Gasteiger partial charge in [-0.1, -0.05) is 29.8 Å². The van der Waals surface area contributed by atoms with Gasteiger partial charge in [-0.05, 0) is 30.9 Å². The summed E-state index contributed by atoms with van der Waals surface area (Å²) in [6, 6.07) is 7.44. The van der Waals surface area contributed by atoms with Crippen molar-refractivity contribution in [1.82, 2.24) is 0 Å². The van der Waals surface area contributed by atoms with Crippen molar-refractivity contribution in [1.29, 1.82) is 0 Å². The number of rotatable bonds is 3. The lowest BCUT2D eigenvalue weighted by Crippen LogP contribution is -2.21. The van der Waals surface area contributed by atoms with Crippen molar-refractivity contribution in [3.05, 3.63) is 34.9 Å². The highest BCUT2D eigenvalue weighted by molar-refractivity contribution is 6.31. The van der Waals surface area contributed by atoms with Crippen molar-refractivity contribution >= 4 is 11.6 Å². The normalized spacial score (nSPS) is 23.0. The average molecular weight is 241 g/mol. The van der Waals surface area contributed by atoms with E-state index < -0.39 is 6.10 Å². The van der Waals surface area contributed by atoms with E-state index in [-0.39, 0.29) is 6.10 Å². The fourth-order valence-corrected chi connectivity index (χ4v) is 2.38. The molecule has 88 valence electrons. The van der Waals surface area contributed by atoms with E-state index in [1.165, 1.54) is 6.42 Å². The van der Waals surface area contributed by atoms with Gasteiger partial charge < -0.3 is 9.84 Å². The van der Waals surface area contributed by atoms with Gasteiger partial charge in [0.15, 0.2) is 0 Å². The topological polar surface area (TPSA) is 29.5 Å². The molecule has 2 nitrogen and oxygen atoms in total. The number of ether oxygens (including phenoxy) is 1. The fraction of sp³-hybridized carbons (Fsp3) is 0.538. The molecule has 1 N–H and O–H groups in total. The maximum absolute atomic E-state index is 10.1. The largest absolute Gasteiger partial charge is 0.388 e. The third kappa shape index (κ3) is 2.97. The highest BCUT2D eigenvalue weighted by atomic mass is 35.5.